The van der Waals surface area contributed by atoms with Gasteiger partial charge in [-0.3, -0.25) is 4.79 Å². The van der Waals surface area contributed by atoms with Crippen LogP contribution in [-0.2, 0) is 20.6 Å². The van der Waals surface area contributed by atoms with Gasteiger partial charge in [0.1, 0.15) is 5.75 Å². The lowest BCUT2D eigenvalue weighted by molar-refractivity contribution is -0.126. The second-order valence-electron chi connectivity index (χ2n) is 8.22. The summed E-state index contributed by atoms with van der Waals surface area (Å²) >= 11 is 6.13. The molecule has 2 aromatic rings. The van der Waals surface area contributed by atoms with Gasteiger partial charge in [-0.1, -0.05) is 48.9 Å². The van der Waals surface area contributed by atoms with Crippen LogP contribution in [0.15, 0.2) is 42.5 Å². The van der Waals surface area contributed by atoms with Crippen LogP contribution >= 0.6 is 11.6 Å². The molecule has 0 aromatic heterocycles. The number of nitrogens with zero attached hydrogens (tertiary/aromatic N) is 1. The van der Waals surface area contributed by atoms with Crippen LogP contribution in [0.4, 0.5) is 0 Å². The number of piperidine rings is 1. The maximum Gasteiger partial charge on any atom is 0.223 e. The van der Waals surface area contributed by atoms with Gasteiger partial charge < -0.3 is 10.1 Å². The molecule has 0 aliphatic carbocycles. The van der Waals surface area contributed by atoms with Crippen LogP contribution in [0, 0.1) is 12.8 Å². The summed E-state index contributed by atoms with van der Waals surface area (Å²) in [4.78, 5) is 12.9. The molecule has 1 aliphatic rings. The van der Waals surface area contributed by atoms with Gasteiger partial charge in [-0.05, 0) is 55.0 Å². The third-order valence-electron chi connectivity index (χ3n) is 6.06. The summed E-state index contributed by atoms with van der Waals surface area (Å²) in [5, 5.41) is 3.60. The largest absolute Gasteiger partial charge is 0.496 e. The standard InChI is InChI=1S/C24H31ClN2O4S/c1-4-22(19-9-10-23(31-3)17(2)15-19)26-24(28)18-11-13-27(14-12-18)32(29,30)16-20-7-5-6-8-21(20)25/h5-10,15,18,22H,4,11-14,16H2,1-3H3,(H,26,28)/t22-/m0/s1. The van der Waals surface area contributed by atoms with Crippen LogP contribution in [0.5, 0.6) is 5.75 Å². The van der Waals surface area contributed by atoms with Gasteiger partial charge in [-0.25, -0.2) is 12.7 Å². The van der Waals surface area contributed by atoms with Crippen molar-refractivity contribution in [2.24, 2.45) is 5.92 Å². The van der Waals surface area contributed by atoms with Crippen molar-refractivity contribution in [3.05, 3.63) is 64.2 Å². The van der Waals surface area contributed by atoms with Crippen molar-refractivity contribution in [2.75, 3.05) is 20.2 Å². The number of hydrogen-bond donors (Lipinski definition) is 1. The van der Waals surface area contributed by atoms with E-state index in [2.05, 4.69) is 5.32 Å². The second-order valence-corrected chi connectivity index (χ2v) is 10.6. The Morgan fingerprint density at radius 1 is 1.22 bits per heavy atom. The molecule has 1 atom stereocenters. The van der Waals surface area contributed by atoms with E-state index < -0.39 is 10.0 Å². The highest BCUT2D eigenvalue weighted by molar-refractivity contribution is 7.88. The van der Waals surface area contributed by atoms with Crippen LogP contribution < -0.4 is 10.1 Å². The van der Waals surface area contributed by atoms with Gasteiger partial charge in [0.2, 0.25) is 15.9 Å². The number of hydrogen-bond acceptors (Lipinski definition) is 4. The van der Waals surface area contributed by atoms with Gasteiger partial charge in [-0.2, -0.15) is 0 Å². The normalized spacial score (nSPS) is 16.5. The maximum absolute atomic E-state index is 12.9. The number of sulfonamides is 1. The third kappa shape index (κ3) is 5.82. The maximum atomic E-state index is 12.9. The van der Waals surface area contributed by atoms with Crippen molar-refractivity contribution < 1.29 is 17.9 Å². The van der Waals surface area contributed by atoms with E-state index in [0.29, 0.717) is 36.5 Å². The van der Waals surface area contributed by atoms with Crippen molar-refractivity contribution in [1.29, 1.82) is 0 Å². The average Bonchev–Trinajstić information content (AvgIpc) is 2.78. The number of carbonyl (C=O) groups excluding carboxylic acids is 1. The fraction of sp³-hybridized carbons (Fsp3) is 0.458. The first-order chi connectivity index (χ1) is 15.2. The third-order valence-corrected chi connectivity index (χ3v) is 8.26. The topological polar surface area (TPSA) is 75.7 Å². The molecule has 1 aliphatic heterocycles. The number of rotatable bonds is 8. The zero-order valence-electron chi connectivity index (χ0n) is 18.8. The molecule has 0 bridgehead atoms. The molecule has 6 nitrogen and oxygen atoms in total. The van der Waals surface area contributed by atoms with Crippen molar-refractivity contribution in [2.45, 2.75) is 44.9 Å². The molecule has 1 amide bonds. The van der Waals surface area contributed by atoms with Crippen LogP contribution in [0.1, 0.15) is 48.9 Å². The average molecular weight is 479 g/mol. The van der Waals surface area contributed by atoms with E-state index in [1.165, 1.54) is 4.31 Å². The molecule has 32 heavy (non-hydrogen) atoms. The lowest BCUT2D eigenvalue weighted by atomic mass is 9.95. The summed E-state index contributed by atoms with van der Waals surface area (Å²) < 4.78 is 32.5. The van der Waals surface area contributed by atoms with Gasteiger partial charge in [0.05, 0.1) is 18.9 Å². The highest BCUT2D eigenvalue weighted by Crippen LogP contribution is 2.27. The lowest BCUT2D eigenvalue weighted by Gasteiger charge is -2.31. The fourth-order valence-electron chi connectivity index (χ4n) is 4.13. The Balaban J connectivity index is 1.58. The quantitative estimate of drug-likeness (QED) is 0.607. The number of benzene rings is 2. The molecule has 3 rings (SSSR count). The Morgan fingerprint density at radius 2 is 1.91 bits per heavy atom. The molecule has 0 radical (unpaired) electrons. The fourth-order valence-corrected chi connectivity index (χ4v) is 6.00. The zero-order valence-corrected chi connectivity index (χ0v) is 20.4. The minimum atomic E-state index is -3.48. The number of ether oxygens (including phenoxy) is 1. The molecule has 0 unspecified atom stereocenters. The summed E-state index contributed by atoms with van der Waals surface area (Å²) in [6.45, 7) is 4.69. The number of aryl methyl sites for hydroxylation is 1. The van der Waals surface area contributed by atoms with E-state index in [1.54, 1.807) is 31.4 Å². The first-order valence-corrected chi connectivity index (χ1v) is 12.9. The molecular weight excluding hydrogens is 448 g/mol. The van der Waals surface area contributed by atoms with Gasteiger partial charge in [0, 0.05) is 24.0 Å². The number of carbonyl (C=O) groups is 1. The van der Waals surface area contributed by atoms with Gasteiger partial charge in [0.15, 0.2) is 0 Å². The van der Waals surface area contributed by atoms with Crippen molar-refractivity contribution in [1.82, 2.24) is 9.62 Å². The molecule has 8 heteroatoms. The van der Waals surface area contributed by atoms with Crippen molar-refractivity contribution in [3.63, 3.8) is 0 Å². The molecule has 2 aromatic carbocycles. The molecule has 1 heterocycles. The van der Waals surface area contributed by atoms with Crippen LogP contribution in [0.3, 0.4) is 0 Å². The number of amides is 1. The predicted molar refractivity (Wildman–Crippen MR) is 127 cm³/mol. The van der Waals surface area contributed by atoms with Crippen molar-refractivity contribution >= 4 is 27.5 Å². The number of methoxy groups -OCH3 is 1. The molecule has 1 fully saturated rings. The number of nitrogens with one attached hydrogen (secondary N) is 1. The predicted octanol–water partition coefficient (Wildman–Crippen LogP) is 4.47. The highest BCUT2D eigenvalue weighted by Gasteiger charge is 2.32. The highest BCUT2D eigenvalue weighted by atomic mass is 35.5. The summed E-state index contributed by atoms with van der Waals surface area (Å²) in [5.74, 6) is 0.474. The van der Waals surface area contributed by atoms with E-state index in [9.17, 15) is 13.2 Å². The Kier molecular flexibility index (Phi) is 8.20. The summed E-state index contributed by atoms with van der Waals surface area (Å²) in [7, 11) is -1.84. The van der Waals surface area contributed by atoms with E-state index in [-0.39, 0.29) is 23.6 Å². The Morgan fingerprint density at radius 3 is 2.50 bits per heavy atom. The first kappa shape index (κ1) is 24.6. The molecule has 0 spiro atoms. The van der Waals surface area contributed by atoms with Gasteiger partial charge in [0.25, 0.3) is 0 Å². The van der Waals surface area contributed by atoms with E-state index in [4.69, 9.17) is 16.3 Å². The SMILES string of the molecule is CC[C@H](NC(=O)C1CCN(S(=O)(=O)Cc2ccccc2Cl)CC1)c1ccc(OC)c(C)c1. The molecule has 0 saturated carbocycles. The summed E-state index contributed by atoms with van der Waals surface area (Å²) in [6, 6.07) is 12.8. The summed E-state index contributed by atoms with van der Waals surface area (Å²) in [5.41, 5.74) is 2.66. The Bertz CT molecular complexity index is 1050. The molecule has 174 valence electrons. The molecular formula is C24H31ClN2O4S. The minimum absolute atomic E-state index is 0.0199. The monoisotopic (exact) mass is 478 g/mol. The second kappa shape index (κ2) is 10.7. The molecule has 1 saturated heterocycles. The van der Waals surface area contributed by atoms with E-state index >= 15 is 0 Å². The van der Waals surface area contributed by atoms with Crippen LogP contribution in [0.2, 0.25) is 5.02 Å². The smallest absolute Gasteiger partial charge is 0.223 e. The number of halogens is 1. The van der Waals surface area contributed by atoms with Crippen LogP contribution in [-0.4, -0.2) is 38.8 Å². The first-order valence-electron chi connectivity index (χ1n) is 10.9. The zero-order chi connectivity index (χ0) is 23.3. The van der Waals surface area contributed by atoms with Gasteiger partial charge in [-0.15, -0.1) is 0 Å². The summed E-state index contributed by atoms with van der Waals surface area (Å²) in [6.07, 6.45) is 1.78. The van der Waals surface area contributed by atoms with E-state index in [1.807, 2.05) is 32.0 Å². The Labute approximate surface area is 196 Å². The minimum Gasteiger partial charge on any atom is -0.496 e. The van der Waals surface area contributed by atoms with Gasteiger partial charge >= 0.3 is 0 Å². The van der Waals surface area contributed by atoms with Crippen molar-refractivity contribution in [3.8, 4) is 5.75 Å². The lowest BCUT2D eigenvalue weighted by Crippen LogP contribution is -2.44. The van der Waals surface area contributed by atoms with E-state index in [0.717, 1.165) is 23.3 Å². The molecule has 1 N–H and O–H groups in total. The Hall–Kier alpha value is -2.09. The van der Waals surface area contributed by atoms with Crippen LogP contribution in [0.25, 0.3) is 0 Å².